The van der Waals surface area contributed by atoms with Crippen LogP contribution in [-0.4, -0.2) is 57.5 Å². The number of nitriles is 2. The van der Waals surface area contributed by atoms with Gasteiger partial charge in [-0.25, -0.2) is 0 Å². The van der Waals surface area contributed by atoms with Crippen LogP contribution in [0.3, 0.4) is 0 Å². The van der Waals surface area contributed by atoms with Gasteiger partial charge in [-0.05, 0) is 65.7 Å². The molecule has 5 aromatic carbocycles. The molecule has 6 aromatic rings. The Morgan fingerprint density at radius 1 is 0.600 bits per heavy atom. The van der Waals surface area contributed by atoms with Crippen molar-refractivity contribution in [3.8, 4) is 40.3 Å². The first kappa shape index (κ1) is 35.8. The molecule has 2 amide bonds. The van der Waals surface area contributed by atoms with Crippen molar-refractivity contribution in [3.63, 3.8) is 0 Å². The number of hydrogen-bond acceptors (Lipinski definition) is 8. The lowest BCUT2D eigenvalue weighted by atomic mass is 9.95. The monoisotopic (exact) mass is 722 g/mol. The molecular weight excluding hydrogens is 689 g/mol. The highest BCUT2D eigenvalue weighted by molar-refractivity contribution is 6.21. The summed E-state index contributed by atoms with van der Waals surface area (Å²) >= 11 is 0. The van der Waals surface area contributed by atoms with E-state index in [9.17, 15) is 20.1 Å². The van der Waals surface area contributed by atoms with Crippen molar-refractivity contribution in [2.75, 3.05) is 44.1 Å². The van der Waals surface area contributed by atoms with Gasteiger partial charge in [-0.2, -0.15) is 10.5 Å². The summed E-state index contributed by atoms with van der Waals surface area (Å²) < 4.78 is 11.1. The lowest BCUT2D eigenvalue weighted by Gasteiger charge is -2.20. The number of fused-ring (bicyclic) bond motifs is 2. The second-order valence-electron chi connectivity index (χ2n) is 12.8. The number of carbonyl (C=O) groups excluding carboxylic acids is 2. The second kappa shape index (κ2) is 15.6. The third kappa shape index (κ3) is 7.25. The molecular formula is C45H34N6O4. The molecule has 0 spiro atoms. The number of ether oxygens (including phenoxy) is 1. The molecule has 0 bridgehead atoms. The Kier molecular flexibility index (Phi) is 10.2. The Morgan fingerprint density at radius 3 is 1.75 bits per heavy atom. The van der Waals surface area contributed by atoms with E-state index in [0.717, 1.165) is 50.3 Å². The van der Waals surface area contributed by atoms with Gasteiger partial charge in [-0.3, -0.25) is 19.6 Å². The Bertz CT molecular complexity index is 2580. The van der Waals surface area contributed by atoms with Crippen LogP contribution in [0.4, 0.5) is 11.4 Å². The number of aliphatic imine (C=N–C) groups is 2. The zero-order chi connectivity index (χ0) is 38.5. The molecule has 10 nitrogen and oxygen atoms in total. The number of hydrogen-bond donors (Lipinski definition) is 0. The first-order valence-electron chi connectivity index (χ1n) is 17.4. The standard InChI is InChI=1S/C23H17N3O.C22H17N3O3/c1-26-21-11-10-18(17-7-3-2-4-8-17)13-20(21)23(25-15-22(26)27)19-9-5-6-16(12-19)14-24;1-25-18-11-20(27-2)17(19-7-4-8-28-19)10-16(18)22(24-13-21(25)26)15-6-3-5-14(9-15)12-23/h2-13H,15H2,1H3;3-11H,13H2,1-2H3. The summed E-state index contributed by atoms with van der Waals surface area (Å²) in [4.78, 5) is 37.3. The van der Waals surface area contributed by atoms with E-state index < -0.39 is 0 Å². The number of benzene rings is 5. The molecule has 10 heteroatoms. The predicted molar refractivity (Wildman–Crippen MR) is 213 cm³/mol. The summed E-state index contributed by atoms with van der Waals surface area (Å²) in [6.45, 7) is 0.105. The summed E-state index contributed by atoms with van der Waals surface area (Å²) in [7, 11) is 5.07. The molecule has 1 aromatic heterocycles. The van der Waals surface area contributed by atoms with E-state index >= 15 is 0 Å². The Balaban J connectivity index is 0.000000169. The number of rotatable bonds is 5. The van der Waals surface area contributed by atoms with Gasteiger partial charge in [0.25, 0.3) is 0 Å². The van der Waals surface area contributed by atoms with Gasteiger partial charge in [-0.15, -0.1) is 0 Å². The minimum absolute atomic E-state index is 0.0235. The fourth-order valence-corrected chi connectivity index (χ4v) is 6.57. The molecule has 0 atom stereocenters. The summed E-state index contributed by atoms with van der Waals surface area (Å²) in [5.74, 6) is 1.07. The van der Waals surface area contributed by atoms with Crippen molar-refractivity contribution in [3.05, 3.63) is 161 Å². The molecule has 8 rings (SSSR count). The maximum Gasteiger partial charge on any atom is 0.248 e. The second-order valence-corrected chi connectivity index (χ2v) is 12.8. The van der Waals surface area contributed by atoms with Gasteiger partial charge in [0, 0.05) is 42.4 Å². The van der Waals surface area contributed by atoms with E-state index in [1.807, 2.05) is 84.9 Å². The fraction of sp³-hybridized carbons (Fsp3) is 0.111. The van der Waals surface area contributed by atoms with Gasteiger partial charge in [-0.1, -0.05) is 60.7 Å². The maximum atomic E-state index is 12.5. The molecule has 2 aliphatic rings. The number of nitrogens with zero attached hydrogens (tertiary/aromatic N) is 6. The van der Waals surface area contributed by atoms with Crippen molar-refractivity contribution in [2.45, 2.75) is 0 Å². The Morgan fingerprint density at radius 2 is 1.18 bits per heavy atom. The van der Waals surface area contributed by atoms with Crippen molar-refractivity contribution in [2.24, 2.45) is 9.98 Å². The highest BCUT2D eigenvalue weighted by Gasteiger charge is 2.26. The minimum atomic E-state index is -0.125. The molecule has 0 fully saturated rings. The lowest BCUT2D eigenvalue weighted by molar-refractivity contribution is -0.117. The topological polar surface area (TPSA) is 135 Å². The van der Waals surface area contributed by atoms with E-state index in [1.165, 1.54) is 0 Å². The minimum Gasteiger partial charge on any atom is -0.496 e. The van der Waals surface area contributed by atoms with Crippen LogP contribution in [0.1, 0.15) is 33.4 Å². The quantitative estimate of drug-likeness (QED) is 0.179. The average Bonchev–Trinajstić information content (AvgIpc) is 3.71. The van der Waals surface area contributed by atoms with Crippen LogP contribution in [0.15, 0.2) is 142 Å². The highest BCUT2D eigenvalue weighted by Crippen LogP contribution is 2.39. The number of benzodiazepines with no additional fused rings is 2. The van der Waals surface area contributed by atoms with E-state index in [4.69, 9.17) is 9.15 Å². The van der Waals surface area contributed by atoms with Crippen LogP contribution in [0.25, 0.3) is 22.5 Å². The molecule has 0 radical (unpaired) electrons. The number of furan rings is 1. The van der Waals surface area contributed by atoms with Gasteiger partial charge in [0.1, 0.15) is 24.6 Å². The molecule has 55 heavy (non-hydrogen) atoms. The number of carbonyl (C=O) groups is 2. The SMILES string of the molecule is CN1C(=O)CN=C(c2cccc(C#N)c2)c2cc(-c3ccccc3)ccc21.COc1cc2c(cc1-c1ccco1)C(c1cccc(C#N)c1)=NCC(=O)N2C. The first-order valence-corrected chi connectivity index (χ1v) is 17.4. The summed E-state index contributed by atoms with van der Waals surface area (Å²) in [6, 6.07) is 42.4. The predicted octanol–water partition coefficient (Wildman–Crippen LogP) is 7.68. The van der Waals surface area contributed by atoms with E-state index in [2.05, 4.69) is 40.3 Å². The number of anilines is 2. The molecule has 0 aliphatic carbocycles. The van der Waals surface area contributed by atoms with Gasteiger partial charge in [0.2, 0.25) is 11.8 Å². The van der Waals surface area contributed by atoms with E-state index in [-0.39, 0.29) is 24.9 Å². The Labute approximate surface area is 318 Å². The van der Waals surface area contributed by atoms with Crippen molar-refractivity contribution in [1.29, 1.82) is 10.5 Å². The van der Waals surface area contributed by atoms with Gasteiger partial charge < -0.3 is 19.0 Å². The first-order chi connectivity index (χ1) is 26.8. The van der Waals surface area contributed by atoms with Crippen LogP contribution < -0.4 is 14.5 Å². The van der Waals surface area contributed by atoms with E-state index in [1.54, 1.807) is 55.5 Å². The van der Waals surface area contributed by atoms with E-state index in [0.29, 0.717) is 34.0 Å². The smallest absolute Gasteiger partial charge is 0.248 e. The highest BCUT2D eigenvalue weighted by atomic mass is 16.5. The molecule has 3 heterocycles. The molecule has 0 unspecified atom stereocenters. The molecule has 268 valence electrons. The Hall–Kier alpha value is -7.56. The maximum absolute atomic E-state index is 12.5. The molecule has 2 aliphatic heterocycles. The van der Waals surface area contributed by atoms with Crippen molar-refractivity contribution >= 4 is 34.6 Å². The lowest BCUT2D eigenvalue weighted by Crippen LogP contribution is -2.27. The third-order valence-electron chi connectivity index (χ3n) is 9.46. The summed E-state index contributed by atoms with van der Waals surface area (Å²) in [5.41, 5.74) is 10.2. The molecule has 0 saturated heterocycles. The van der Waals surface area contributed by atoms with Gasteiger partial charge in [0.05, 0.1) is 65.0 Å². The zero-order valence-corrected chi connectivity index (χ0v) is 30.4. The van der Waals surface area contributed by atoms with Crippen LogP contribution >= 0.6 is 0 Å². The van der Waals surface area contributed by atoms with Gasteiger partial charge >= 0.3 is 0 Å². The summed E-state index contributed by atoms with van der Waals surface area (Å²) in [5, 5.41) is 18.5. The molecule has 0 N–H and O–H groups in total. The van der Waals surface area contributed by atoms with Crippen molar-refractivity contribution < 1.29 is 18.7 Å². The number of methoxy groups -OCH3 is 1. The fourth-order valence-electron chi connectivity index (χ4n) is 6.57. The van der Waals surface area contributed by atoms with Crippen LogP contribution in [0.2, 0.25) is 0 Å². The largest absolute Gasteiger partial charge is 0.496 e. The number of likely N-dealkylation sites (N-methyl/N-ethyl adjacent to an activating group) is 2. The van der Waals surface area contributed by atoms with Gasteiger partial charge in [0.15, 0.2) is 0 Å². The van der Waals surface area contributed by atoms with Crippen LogP contribution in [0, 0.1) is 22.7 Å². The zero-order valence-electron chi connectivity index (χ0n) is 30.4. The normalized spacial score (nSPS) is 13.4. The number of amides is 2. The summed E-state index contributed by atoms with van der Waals surface area (Å²) in [6.07, 6.45) is 1.60. The van der Waals surface area contributed by atoms with Crippen molar-refractivity contribution in [1.82, 2.24) is 0 Å². The molecule has 0 saturated carbocycles. The average molecular weight is 723 g/mol. The van der Waals surface area contributed by atoms with Crippen LogP contribution in [0.5, 0.6) is 5.75 Å². The van der Waals surface area contributed by atoms with Crippen LogP contribution in [-0.2, 0) is 9.59 Å². The third-order valence-corrected chi connectivity index (χ3v) is 9.46.